The summed E-state index contributed by atoms with van der Waals surface area (Å²) in [7, 11) is 0. The summed E-state index contributed by atoms with van der Waals surface area (Å²) in [6.45, 7) is 3.93. The van der Waals surface area contributed by atoms with Crippen molar-refractivity contribution >= 4 is 5.78 Å². The van der Waals surface area contributed by atoms with Gasteiger partial charge in [-0.25, -0.2) is 0 Å². The van der Waals surface area contributed by atoms with E-state index in [0.717, 1.165) is 37.9 Å². The van der Waals surface area contributed by atoms with Gasteiger partial charge in [-0.1, -0.05) is 19.1 Å². The molecule has 2 fully saturated rings. The number of piperidine rings is 1. The second kappa shape index (κ2) is 3.95. The third-order valence-corrected chi connectivity index (χ3v) is 6.01. The normalized spacial score (nSPS) is 47.4. The van der Waals surface area contributed by atoms with Gasteiger partial charge < -0.3 is 10.2 Å². The highest BCUT2D eigenvalue weighted by Crippen LogP contribution is 2.57. The average Bonchev–Trinajstić information content (AvgIpc) is 2.44. The maximum Gasteiger partial charge on any atom is 0.203 e. The van der Waals surface area contributed by atoms with E-state index < -0.39 is 12.0 Å². The van der Waals surface area contributed by atoms with Crippen LogP contribution in [0.3, 0.4) is 0 Å². The smallest absolute Gasteiger partial charge is 0.203 e. The first kappa shape index (κ1) is 12.6. The van der Waals surface area contributed by atoms with Crippen LogP contribution in [-0.2, 0) is 4.79 Å². The van der Waals surface area contributed by atoms with E-state index in [1.807, 2.05) is 19.1 Å². The molecule has 4 heteroatoms. The number of nitrogens with zero attached hydrogens (tertiary/aromatic N) is 1. The fourth-order valence-corrected chi connectivity index (χ4v) is 5.22. The molecule has 0 aromatic carbocycles. The molecule has 1 saturated heterocycles. The molecule has 0 unspecified atom stereocenters. The van der Waals surface area contributed by atoms with Gasteiger partial charge in [0.15, 0.2) is 5.76 Å². The Morgan fingerprint density at radius 2 is 2.25 bits per heavy atom. The summed E-state index contributed by atoms with van der Waals surface area (Å²) >= 11 is 0. The van der Waals surface area contributed by atoms with Crippen molar-refractivity contribution in [2.45, 2.75) is 37.8 Å². The maximum atomic E-state index is 12.5. The third kappa shape index (κ3) is 1.27. The Kier molecular flexibility index (Phi) is 2.49. The standard InChI is InChI=1S/C16H21NO3/c1-9-8-16-10-4-2-6-17(16)7-3-5-11(16)14(19)15(20)12(10)13(9)18/h3,5,9-10,12-13,18-19H,2,4,6-8H2,1H3/t9-,10+,12-,13+,16+/m0/s1. The Morgan fingerprint density at radius 1 is 1.45 bits per heavy atom. The van der Waals surface area contributed by atoms with Gasteiger partial charge in [-0.15, -0.1) is 0 Å². The van der Waals surface area contributed by atoms with Crippen LogP contribution in [0.1, 0.15) is 26.2 Å². The highest BCUT2D eigenvalue weighted by atomic mass is 16.3. The fraction of sp³-hybridized carbons (Fsp3) is 0.688. The first-order chi connectivity index (χ1) is 9.57. The number of rotatable bonds is 0. The zero-order valence-electron chi connectivity index (χ0n) is 11.7. The minimum absolute atomic E-state index is 0.0930. The van der Waals surface area contributed by atoms with Gasteiger partial charge in [-0.2, -0.15) is 0 Å². The molecular formula is C16H21NO3. The Bertz CT molecular complexity index is 538. The number of allylic oxidation sites excluding steroid dienone is 1. The zero-order valence-corrected chi connectivity index (χ0v) is 11.7. The first-order valence-corrected chi connectivity index (χ1v) is 7.65. The molecule has 0 amide bonds. The molecular weight excluding hydrogens is 254 g/mol. The van der Waals surface area contributed by atoms with Crippen LogP contribution in [0, 0.1) is 17.8 Å². The van der Waals surface area contributed by atoms with E-state index in [9.17, 15) is 15.0 Å². The van der Waals surface area contributed by atoms with Crippen molar-refractivity contribution in [3.8, 4) is 0 Å². The molecule has 0 aromatic heterocycles. The van der Waals surface area contributed by atoms with E-state index in [1.165, 1.54) is 0 Å². The molecule has 20 heavy (non-hydrogen) atoms. The van der Waals surface area contributed by atoms with E-state index in [-0.39, 0.29) is 28.9 Å². The molecule has 5 atom stereocenters. The van der Waals surface area contributed by atoms with Gasteiger partial charge in [0.25, 0.3) is 0 Å². The van der Waals surface area contributed by atoms with Crippen LogP contribution < -0.4 is 0 Å². The van der Waals surface area contributed by atoms with Gasteiger partial charge in [0.05, 0.1) is 17.6 Å². The molecule has 1 saturated carbocycles. The minimum atomic E-state index is -0.618. The van der Waals surface area contributed by atoms with E-state index in [1.54, 1.807) is 0 Å². The van der Waals surface area contributed by atoms with Gasteiger partial charge >= 0.3 is 0 Å². The zero-order chi connectivity index (χ0) is 14.1. The number of carbonyl (C=O) groups excluding carboxylic acids is 1. The molecule has 4 rings (SSSR count). The number of hydrogen-bond donors (Lipinski definition) is 2. The van der Waals surface area contributed by atoms with E-state index in [4.69, 9.17) is 0 Å². The second-order valence-electron chi connectivity index (χ2n) is 6.85. The average molecular weight is 275 g/mol. The summed E-state index contributed by atoms with van der Waals surface area (Å²) in [5, 5.41) is 20.9. The number of Topliss-reactive ketones (excluding diaryl/α,β-unsaturated/α-hetero) is 1. The van der Waals surface area contributed by atoms with E-state index in [0.29, 0.717) is 0 Å². The van der Waals surface area contributed by atoms with Crippen LogP contribution in [0.25, 0.3) is 0 Å². The highest BCUT2D eigenvalue weighted by Gasteiger charge is 2.63. The molecule has 2 aliphatic carbocycles. The molecule has 4 aliphatic rings. The lowest BCUT2D eigenvalue weighted by molar-refractivity contribution is -0.153. The molecule has 1 spiro atoms. The largest absolute Gasteiger partial charge is 0.504 e. The highest BCUT2D eigenvalue weighted by molar-refractivity contribution is 5.99. The van der Waals surface area contributed by atoms with Gasteiger partial charge in [0.1, 0.15) is 0 Å². The number of aliphatic hydroxyl groups excluding tert-OH is 2. The van der Waals surface area contributed by atoms with Crippen LogP contribution in [-0.4, -0.2) is 45.6 Å². The topological polar surface area (TPSA) is 60.8 Å². The van der Waals surface area contributed by atoms with Crippen molar-refractivity contribution in [1.29, 1.82) is 0 Å². The molecule has 2 bridgehead atoms. The Balaban J connectivity index is 1.98. The van der Waals surface area contributed by atoms with Gasteiger partial charge in [0, 0.05) is 12.1 Å². The lowest BCUT2D eigenvalue weighted by Crippen LogP contribution is -2.69. The Morgan fingerprint density at radius 3 is 3.05 bits per heavy atom. The van der Waals surface area contributed by atoms with Crippen molar-refractivity contribution in [3.63, 3.8) is 0 Å². The Labute approximate surface area is 118 Å². The summed E-state index contributed by atoms with van der Waals surface area (Å²) in [6.07, 6.45) is 6.26. The quantitative estimate of drug-likeness (QED) is 0.702. The van der Waals surface area contributed by atoms with Gasteiger partial charge in [0.2, 0.25) is 5.78 Å². The molecule has 2 heterocycles. The summed E-state index contributed by atoms with van der Waals surface area (Å²) in [6, 6.07) is 0. The SMILES string of the molecule is C[C@H]1C[C@]23C4=C(O)C(=O)[C@H]([C@@H]1O)[C@H]2CCCN3CC=C4. The van der Waals surface area contributed by atoms with Gasteiger partial charge in [-0.05, 0) is 37.6 Å². The molecule has 4 nitrogen and oxygen atoms in total. The van der Waals surface area contributed by atoms with Crippen LogP contribution in [0.2, 0.25) is 0 Å². The number of carbonyl (C=O) groups is 1. The predicted octanol–water partition coefficient (Wildman–Crippen LogP) is 1.42. The molecule has 2 aliphatic heterocycles. The summed E-state index contributed by atoms with van der Waals surface area (Å²) in [5.41, 5.74) is 0.599. The van der Waals surface area contributed by atoms with Crippen LogP contribution in [0.4, 0.5) is 0 Å². The van der Waals surface area contributed by atoms with Crippen molar-refractivity contribution in [3.05, 3.63) is 23.5 Å². The van der Waals surface area contributed by atoms with E-state index in [2.05, 4.69) is 4.90 Å². The maximum absolute atomic E-state index is 12.5. The van der Waals surface area contributed by atoms with Crippen molar-refractivity contribution < 1.29 is 15.0 Å². The molecule has 0 radical (unpaired) electrons. The van der Waals surface area contributed by atoms with Crippen molar-refractivity contribution in [2.75, 3.05) is 13.1 Å². The fourth-order valence-electron chi connectivity index (χ4n) is 5.22. The van der Waals surface area contributed by atoms with Crippen molar-refractivity contribution in [2.24, 2.45) is 17.8 Å². The lowest BCUT2D eigenvalue weighted by Gasteiger charge is -2.62. The number of ketones is 1. The second-order valence-corrected chi connectivity index (χ2v) is 6.85. The van der Waals surface area contributed by atoms with Gasteiger partial charge in [-0.3, -0.25) is 9.69 Å². The van der Waals surface area contributed by atoms with E-state index >= 15 is 0 Å². The summed E-state index contributed by atoms with van der Waals surface area (Å²) in [5.74, 6) is -0.508. The lowest BCUT2D eigenvalue weighted by atomic mass is 9.51. The third-order valence-electron chi connectivity index (χ3n) is 6.01. The minimum Gasteiger partial charge on any atom is -0.504 e. The first-order valence-electron chi connectivity index (χ1n) is 7.65. The number of hydrogen-bond acceptors (Lipinski definition) is 4. The predicted molar refractivity (Wildman–Crippen MR) is 74.1 cm³/mol. The number of aliphatic hydroxyl groups is 2. The van der Waals surface area contributed by atoms with Crippen LogP contribution >= 0.6 is 0 Å². The molecule has 2 N–H and O–H groups in total. The van der Waals surface area contributed by atoms with Crippen LogP contribution in [0.5, 0.6) is 0 Å². The molecule has 0 aromatic rings. The van der Waals surface area contributed by atoms with Crippen LogP contribution in [0.15, 0.2) is 23.5 Å². The monoisotopic (exact) mass is 275 g/mol. The molecule has 108 valence electrons. The summed E-state index contributed by atoms with van der Waals surface area (Å²) in [4.78, 5) is 14.9. The summed E-state index contributed by atoms with van der Waals surface area (Å²) < 4.78 is 0. The Hall–Kier alpha value is -1.13. The van der Waals surface area contributed by atoms with Crippen molar-refractivity contribution in [1.82, 2.24) is 4.90 Å².